The van der Waals surface area contributed by atoms with Crippen LogP contribution in [0.2, 0.25) is 0 Å². The van der Waals surface area contributed by atoms with Crippen LogP contribution in [0.4, 0.5) is 5.00 Å². The summed E-state index contributed by atoms with van der Waals surface area (Å²) in [7, 11) is 1.68. The van der Waals surface area contributed by atoms with Gasteiger partial charge in [0, 0.05) is 0 Å². The second kappa shape index (κ2) is 4.96. The van der Waals surface area contributed by atoms with Gasteiger partial charge in [-0.3, -0.25) is 0 Å². The Morgan fingerprint density at radius 1 is 1.28 bits per heavy atom. The van der Waals surface area contributed by atoms with E-state index >= 15 is 0 Å². The molecule has 0 saturated heterocycles. The number of hydrogen-bond donors (Lipinski definition) is 2. The van der Waals surface area contributed by atoms with Crippen LogP contribution in [-0.2, 0) is 0 Å². The molecule has 0 aliphatic carbocycles. The van der Waals surface area contributed by atoms with E-state index in [-0.39, 0.29) is 0 Å². The van der Waals surface area contributed by atoms with Gasteiger partial charge in [-0.25, -0.2) is 10.8 Å². The monoisotopic (exact) mass is 263 g/mol. The van der Waals surface area contributed by atoms with Crippen LogP contribution in [-0.4, -0.2) is 12.1 Å². The molecule has 0 aliphatic rings. The van der Waals surface area contributed by atoms with E-state index in [4.69, 9.17) is 10.6 Å². The minimum absolute atomic E-state index is 0.852. The van der Waals surface area contributed by atoms with Gasteiger partial charge in [0.05, 0.1) is 18.4 Å². The van der Waals surface area contributed by atoms with Crippen LogP contribution in [0.3, 0.4) is 0 Å². The molecule has 0 bridgehead atoms. The number of nitrogens with zero attached hydrogens (tertiary/aromatic N) is 1. The molecular formula is C13H17N3OS. The van der Waals surface area contributed by atoms with Gasteiger partial charge in [0.2, 0.25) is 0 Å². The summed E-state index contributed by atoms with van der Waals surface area (Å²) in [6.45, 7) is 6.06. The minimum atomic E-state index is 0.852. The van der Waals surface area contributed by atoms with Gasteiger partial charge in [-0.2, -0.15) is 0 Å². The first-order valence-corrected chi connectivity index (χ1v) is 6.48. The normalized spacial score (nSPS) is 10.5. The number of ether oxygens (including phenoxy) is 1. The molecule has 0 unspecified atom stereocenters. The lowest BCUT2D eigenvalue weighted by atomic mass is 10.0. The molecule has 0 fully saturated rings. The van der Waals surface area contributed by atoms with Crippen LogP contribution >= 0.6 is 11.3 Å². The lowest BCUT2D eigenvalue weighted by Gasteiger charge is -2.10. The molecule has 0 atom stereocenters. The highest BCUT2D eigenvalue weighted by molar-refractivity contribution is 7.19. The third-order valence-electron chi connectivity index (χ3n) is 2.81. The second-order valence-corrected chi connectivity index (χ2v) is 5.24. The molecule has 1 aromatic carbocycles. The van der Waals surface area contributed by atoms with Gasteiger partial charge in [-0.15, -0.1) is 0 Å². The van der Waals surface area contributed by atoms with Gasteiger partial charge >= 0.3 is 0 Å². The van der Waals surface area contributed by atoms with Crippen molar-refractivity contribution in [1.82, 2.24) is 4.98 Å². The van der Waals surface area contributed by atoms with E-state index in [0.29, 0.717) is 0 Å². The molecule has 2 rings (SSSR count). The molecule has 1 aromatic heterocycles. The summed E-state index contributed by atoms with van der Waals surface area (Å²) >= 11 is 1.53. The van der Waals surface area contributed by atoms with Gasteiger partial charge in [-0.1, -0.05) is 17.4 Å². The van der Waals surface area contributed by atoms with Gasteiger partial charge in [0.15, 0.2) is 0 Å². The van der Waals surface area contributed by atoms with E-state index in [2.05, 4.69) is 30.3 Å². The molecule has 0 aliphatic heterocycles. The van der Waals surface area contributed by atoms with Crippen molar-refractivity contribution >= 4 is 16.3 Å². The van der Waals surface area contributed by atoms with Crippen LogP contribution < -0.4 is 16.0 Å². The number of rotatable bonds is 3. The zero-order chi connectivity index (χ0) is 13.3. The highest BCUT2D eigenvalue weighted by Gasteiger charge is 2.15. The molecular weight excluding hydrogens is 246 g/mol. The van der Waals surface area contributed by atoms with Gasteiger partial charge in [0.1, 0.15) is 15.8 Å². The van der Waals surface area contributed by atoms with Crippen LogP contribution in [0.15, 0.2) is 12.1 Å². The number of anilines is 1. The number of nitrogens with two attached hydrogens (primary N) is 1. The summed E-state index contributed by atoms with van der Waals surface area (Å²) in [6, 6.07) is 4.15. The number of nitrogen functional groups attached to an aromatic ring is 1. The Labute approximate surface area is 111 Å². The molecule has 0 spiro atoms. The molecule has 0 saturated carbocycles. The first-order chi connectivity index (χ1) is 8.56. The topological polar surface area (TPSA) is 60.2 Å². The molecule has 96 valence electrons. The highest BCUT2D eigenvalue weighted by atomic mass is 32.1. The molecule has 18 heavy (non-hydrogen) atoms. The van der Waals surface area contributed by atoms with Crippen LogP contribution in [0.5, 0.6) is 5.75 Å². The molecule has 5 heteroatoms. The fraction of sp³-hybridized carbons (Fsp3) is 0.308. The Hall–Kier alpha value is -1.59. The Kier molecular flexibility index (Phi) is 3.54. The number of methoxy groups -OCH3 is 1. The van der Waals surface area contributed by atoms with Crippen molar-refractivity contribution in [2.24, 2.45) is 5.84 Å². The summed E-state index contributed by atoms with van der Waals surface area (Å²) in [4.78, 5) is 4.55. The summed E-state index contributed by atoms with van der Waals surface area (Å²) in [5, 5.41) is 1.81. The third kappa shape index (κ3) is 2.19. The Morgan fingerprint density at radius 3 is 2.56 bits per heavy atom. The maximum absolute atomic E-state index is 5.46. The van der Waals surface area contributed by atoms with E-state index in [9.17, 15) is 0 Å². The number of aryl methyl sites for hydroxylation is 3. The fourth-order valence-electron chi connectivity index (χ4n) is 2.00. The predicted molar refractivity (Wildman–Crippen MR) is 76.1 cm³/mol. The molecule has 0 amide bonds. The molecule has 2 aromatic rings. The number of hydrogen-bond acceptors (Lipinski definition) is 5. The first-order valence-electron chi connectivity index (χ1n) is 5.66. The van der Waals surface area contributed by atoms with E-state index < -0.39 is 0 Å². The summed E-state index contributed by atoms with van der Waals surface area (Å²) in [5.74, 6) is 6.32. The second-order valence-electron chi connectivity index (χ2n) is 4.24. The minimum Gasteiger partial charge on any atom is -0.496 e. The average Bonchev–Trinajstić information content (AvgIpc) is 2.68. The summed E-state index contributed by atoms with van der Waals surface area (Å²) in [5.41, 5.74) is 6.95. The number of benzene rings is 1. The van der Waals surface area contributed by atoms with Crippen LogP contribution in [0.1, 0.15) is 16.8 Å². The summed E-state index contributed by atoms with van der Waals surface area (Å²) in [6.07, 6.45) is 0. The Bertz CT molecular complexity index is 578. The van der Waals surface area contributed by atoms with Crippen molar-refractivity contribution in [3.63, 3.8) is 0 Å². The van der Waals surface area contributed by atoms with Crippen LogP contribution in [0.25, 0.3) is 10.6 Å². The predicted octanol–water partition coefficient (Wildman–Crippen LogP) is 3.03. The number of aromatic nitrogens is 1. The summed E-state index contributed by atoms with van der Waals surface area (Å²) < 4.78 is 5.46. The lowest BCUT2D eigenvalue weighted by Crippen LogP contribution is -2.05. The van der Waals surface area contributed by atoms with Crippen molar-refractivity contribution in [2.45, 2.75) is 20.8 Å². The van der Waals surface area contributed by atoms with Gasteiger partial charge in [0.25, 0.3) is 0 Å². The number of hydrazine groups is 1. The van der Waals surface area contributed by atoms with Crippen molar-refractivity contribution in [1.29, 1.82) is 0 Å². The quantitative estimate of drug-likeness (QED) is 0.660. The van der Waals surface area contributed by atoms with E-state index in [1.54, 1.807) is 7.11 Å². The Balaban J connectivity index is 2.62. The zero-order valence-corrected chi connectivity index (χ0v) is 11.8. The van der Waals surface area contributed by atoms with Crippen LogP contribution in [0, 0.1) is 20.8 Å². The number of thiazole rings is 1. The SMILES string of the molecule is COc1cc(C)cc(C)c1-c1nc(C)c(NN)s1. The van der Waals surface area contributed by atoms with Crippen molar-refractivity contribution < 1.29 is 4.74 Å². The fourth-order valence-corrected chi connectivity index (χ4v) is 2.99. The Morgan fingerprint density at radius 2 is 2.00 bits per heavy atom. The average molecular weight is 263 g/mol. The van der Waals surface area contributed by atoms with E-state index in [1.807, 2.05) is 13.0 Å². The molecule has 0 radical (unpaired) electrons. The zero-order valence-electron chi connectivity index (χ0n) is 11.0. The molecule has 3 N–H and O–H groups in total. The number of nitrogens with one attached hydrogen (secondary N) is 1. The smallest absolute Gasteiger partial charge is 0.129 e. The van der Waals surface area contributed by atoms with E-state index in [0.717, 1.165) is 32.6 Å². The molecule has 1 heterocycles. The third-order valence-corrected chi connectivity index (χ3v) is 3.91. The van der Waals surface area contributed by atoms with Gasteiger partial charge in [-0.05, 0) is 38.0 Å². The maximum atomic E-state index is 5.46. The lowest BCUT2D eigenvalue weighted by molar-refractivity contribution is 0.416. The largest absolute Gasteiger partial charge is 0.496 e. The maximum Gasteiger partial charge on any atom is 0.129 e. The highest BCUT2D eigenvalue weighted by Crippen LogP contribution is 2.39. The van der Waals surface area contributed by atoms with Crippen molar-refractivity contribution in [3.8, 4) is 16.3 Å². The van der Waals surface area contributed by atoms with Crippen molar-refractivity contribution in [2.75, 3.05) is 12.5 Å². The molecule has 4 nitrogen and oxygen atoms in total. The van der Waals surface area contributed by atoms with Gasteiger partial charge < -0.3 is 10.2 Å². The first kappa shape index (κ1) is 12.9. The van der Waals surface area contributed by atoms with E-state index in [1.165, 1.54) is 16.9 Å². The van der Waals surface area contributed by atoms with Crippen molar-refractivity contribution in [3.05, 3.63) is 29.0 Å². The standard InChI is InChI=1S/C13H17N3OS/c1-7-5-8(2)11(10(6-7)17-4)13-15-9(3)12(16-14)18-13/h5-6,16H,14H2,1-4H3.